The van der Waals surface area contributed by atoms with Crippen molar-refractivity contribution in [3.8, 4) is 6.07 Å². The maximum absolute atomic E-state index is 13.8. The van der Waals surface area contributed by atoms with E-state index in [0.717, 1.165) is 12.8 Å². The van der Waals surface area contributed by atoms with Crippen molar-refractivity contribution in [2.24, 2.45) is 17.3 Å². The third kappa shape index (κ3) is 2.71. The van der Waals surface area contributed by atoms with Gasteiger partial charge in [0.1, 0.15) is 11.9 Å². The predicted molar refractivity (Wildman–Crippen MR) is 76.2 cm³/mol. The van der Waals surface area contributed by atoms with E-state index in [2.05, 4.69) is 19.9 Å². The molecule has 0 spiro atoms. The normalized spacial score (nSPS) is 28.1. The van der Waals surface area contributed by atoms with E-state index in [9.17, 15) is 14.8 Å². The van der Waals surface area contributed by atoms with Gasteiger partial charge in [0.25, 0.3) is 0 Å². The van der Waals surface area contributed by atoms with Gasteiger partial charge in [0.15, 0.2) is 0 Å². The predicted octanol–water partition coefficient (Wildman–Crippen LogP) is 4.22. The lowest BCUT2D eigenvalue weighted by molar-refractivity contribution is 0.0168. The van der Waals surface area contributed by atoms with Crippen LogP contribution in [0.15, 0.2) is 24.3 Å². The molecule has 20 heavy (non-hydrogen) atoms. The maximum atomic E-state index is 13.8. The van der Waals surface area contributed by atoms with E-state index in [4.69, 9.17) is 0 Å². The summed E-state index contributed by atoms with van der Waals surface area (Å²) >= 11 is 0. The molecule has 1 fully saturated rings. The van der Waals surface area contributed by atoms with Gasteiger partial charge in [0.2, 0.25) is 0 Å². The minimum atomic E-state index is -1.04. The number of hydrogen-bond donors (Lipinski definition) is 1. The molecule has 1 aliphatic rings. The monoisotopic (exact) mass is 275 g/mol. The molecule has 3 heteroatoms. The third-order valence-electron chi connectivity index (χ3n) is 4.81. The van der Waals surface area contributed by atoms with E-state index >= 15 is 0 Å². The second-order valence-corrected chi connectivity index (χ2v) is 6.27. The van der Waals surface area contributed by atoms with Crippen LogP contribution in [0.5, 0.6) is 0 Å². The fourth-order valence-corrected chi connectivity index (χ4v) is 3.26. The molecule has 0 radical (unpaired) electrons. The zero-order valence-corrected chi connectivity index (χ0v) is 12.1. The lowest BCUT2D eigenvalue weighted by Gasteiger charge is -2.39. The van der Waals surface area contributed by atoms with Crippen LogP contribution in [0.25, 0.3) is 0 Å². The van der Waals surface area contributed by atoms with Gasteiger partial charge in [-0.1, -0.05) is 32.0 Å². The zero-order valence-electron chi connectivity index (χ0n) is 12.1. The molecule has 1 aromatic carbocycles. The Labute approximate surface area is 120 Å². The SMILES string of the molecule is CC(C)C1CCC(C#N)(C(O)c2ccccc2F)CC1. The lowest BCUT2D eigenvalue weighted by atomic mass is 9.65. The van der Waals surface area contributed by atoms with E-state index in [1.165, 1.54) is 6.07 Å². The first-order valence-corrected chi connectivity index (χ1v) is 7.34. The smallest absolute Gasteiger partial charge is 0.129 e. The van der Waals surface area contributed by atoms with Gasteiger partial charge >= 0.3 is 0 Å². The molecule has 0 aromatic heterocycles. The fraction of sp³-hybridized carbons (Fsp3) is 0.588. The summed E-state index contributed by atoms with van der Waals surface area (Å²) in [5.41, 5.74) is -0.592. The Kier molecular flexibility index (Phi) is 4.45. The summed E-state index contributed by atoms with van der Waals surface area (Å²) < 4.78 is 13.8. The molecule has 1 N–H and O–H groups in total. The standard InChI is InChI=1S/C17H22FNO/c1-12(2)13-7-9-17(11-19,10-8-13)16(20)14-5-3-4-6-15(14)18/h3-6,12-13,16,20H,7-10H2,1-2H3. The first-order chi connectivity index (χ1) is 9.50. The Bertz CT molecular complexity index is 498. The second-order valence-electron chi connectivity index (χ2n) is 6.27. The van der Waals surface area contributed by atoms with Crippen molar-refractivity contribution in [2.45, 2.75) is 45.6 Å². The minimum Gasteiger partial charge on any atom is -0.387 e. The van der Waals surface area contributed by atoms with Crippen LogP contribution in [0.3, 0.4) is 0 Å². The van der Waals surface area contributed by atoms with Crippen LogP contribution in [0.2, 0.25) is 0 Å². The molecule has 1 unspecified atom stereocenters. The van der Waals surface area contributed by atoms with Crippen LogP contribution in [0, 0.1) is 34.4 Å². The summed E-state index contributed by atoms with van der Waals surface area (Å²) in [5, 5.41) is 20.1. The molecule has 0 aliphatic heterocycles. The number of benzene rings is 1. The Morgan fingerprint density at radius 3 is 2.40 bits per heavy atom. The quantitative estimate of drug-likeness (QED) is 0.897. The van der Waals surface area contributed by atoms with Gasteiger partial charge in [-0.15, -0.1) is 0 Å². The van der Waals surface area contributed by atoms with Crippen LogP contribution < -0.4 is 0 Å². The van der Waals surface area contributed by atoms with E-state index in [0.29, 0.717) is 24.7 Å². The van der Waals surface area contributed by atoms with Crippen molar-refractivity contribution in [2.75, 3.05) is 0 Å². The van der Waals surface area contributed by atoms with Crippen molar-refractivity contribution < 1.29 is 9.50 Å². The van der Waals surface area contributed by atoms with Gasteiger partial charge in [-0.2, -0.15) is 5.26 Å². The molecular weight excluding hydrogens is 253 g/mol. The molecule has 2 nitrogen and oxygen atoms in total. The van der Waals surface area contributed by atoms with Crippen molar-refractivity contribution in [3.05, 3.63) is 35.6 Å². The largest absolute Gasteiger partial charge is 0.387 e. The average Bonchev–Trinajstić information content (AvgIpc) is 2.47. The Morgan fingerprint density at radius 1 is 1.30 bits per heavy atom. The Balaban J connectivity index is 2.21. The van der Waals surface area contributed by atoms with E-state index < -0.39 is 17.3 Å². The molecule has 2 rings (SSSR count). The summed E-state index contributed by atoms with van der Waals surface area (Å²) in [6.45, 7) is 4.38. The highest BCUT2D eigenvalue weighted by molar-refractivity contribution is 5.25. The number of aliphatic hydroxyl groups excluding tert-OH is 1. The Hall–Kier alpha value is -1.40. The van der Waals surface area contributed by atoms with Gasteiger partial charge in [0, 0.05) is 5.56 Å². The van der Waals surface area contributed by atoms with Crippen LogP contribution in [0.1, 0.15) is 51.2 Å². The number of nitriles is 1. The molecule has 0 saturated heterocycles. The highest BCUT2D eigenvalue weighted by Gasteiger charge is 2.43. The molecule has 0 bridgehead atoms. The zero-order chi connectivity index (χ0) is 14.8. The highest BCUT2D eigenvalue weighted by atomic mass is 19.1. The van der Waals surface area contributed by atoms with E-state index in [1.807, 2.05) is 0 Å². The van der Waals surface area contributed by atoms with Crippen LogP contribution in [-0.4, -0.2) is 5.11 Å². The average molecular weight is 275 g/mol. The van der Waals surface area contributed by atoms with Gasteiger partial charge in [-0.05, 0) is 43.6 Å². The van der Waals surface area contributed by atoms with Crippen molar-refractivity contribution in [3.63, 3.8) is 0 Å². The van der Waals surface area contributed by atoms with Crippen molar-refractivity contribution in [1.82, 2.24) is 0 Å². The second kappa shape index (κ2) is 5.93. The number of halogens is 1. The lowest BCUT2D eigenvalue weighted by Crippen LogP contribution is -2.34. The third-order valence-corrected chi connectivity index (χ3v) is 4.81. The van der Waals surface area contributed by atoms with Gasteiger partial charge in [-0.25, -0.2) is 4.39 Å². The van der Waals surface area contributed by atoms with E-state index in [-0.39, 0.29) is 5.56 Å². The van der Waals surface area contributed by atoms with Gasteiger partial charge in [0.05, 0.1) is 11.5 Å². The maximum Gasteiger partial charge on any atom is 0.129 e. The van der Waals surface area contributed by atoms with Crippen LogP contribution >= 0.6 is 0 Å². The molecule has 0 heterocycles. The topological polar surface area (TPSA) is 44.0 Å². The van der Waals surface area contributed by atoms with Crippen molar-refractivity contribution in [1.29, 1.82) is 5.26 Å². The molecule has 0 amide bonds. The molecule has 1 aromatic rings. The first kappa shape index (κ1) is 15.0. The number of hydrogen-bond acceptors (Lipinski definition) is 2. The van der Waals surface area contributed by atoms with Gasteiger partial charge in [-0.3, -0.25) is 0 Å². The van der Waals surface area contributed by atoms with Crippen molar-refractivity contribution >= 4 is 0 Å². The highest BCUT2D eigenvalue weighted by Crippen LogP contribution is 2.48. The Morgan fingerprint density at radius 2 is 1.90 bits per heavy atom. The summed E-state index contributed by atoms with van der Waals surface area (Å²) in [5.74, 6) is 0.766. The molecular formula is C17H22FNO. The number of aliphatic hydroxyl groups is 1. The van der Waals surface area contributed by atoms with Gasteiger partial charge < -0.3 is 5.11 Å². The van der Waals surface area contributed by atoms with Crippen LogP contribution in [0.4, 0.5) is 4.39 Å². The first-order valence-electron chi connectivity index (χ1n) is 7.34. The summed E-state index contributed by atoms with van der Waals surface area (Å²) in [6, 6.07) is 8.50. The summed E-state index contributed by atoms with van der Waals surface area (Å²) in [7, 11) is 0. The fourth-order valence-electron chi connectivity index (χ4n) is 3.26. The summed E-state index contributed by atoms with van der Waals surface area (Å²) in [6.07, 6.45) is 2.10. The van der Waals surface area contributed by atoms with E-state index in [1.54, 1.807) is 18.2 Å². The number of rotatable bonds is 3. The molecule has 1 atom stereocenters. The number of nitrogens with zero attached hydrogens (tertiary/aromatic N) is 1. The molecule has 1 aliphatic carbocycles. The summed E-state index contributed by atoms with van der Waals surface area (Å²) in [4.78, 5) is 0. The molecule has 108 valence electrons. The van der Waals surface area contributed by atoms with Crippen LogP contribution in [-0.2, 0) is 0 Å². The molecule has 1 saturated carbocycles. The minimum absolute atomic E-state index is 0.247.